The first-order chi connectivity index (χ1) is 14.9. The largest absolute Gasteiger partial charge is 0.396 e. The summed E-state index contributed by atoms with van der Waals surface area (Å²) in [4.78, 5) is 28.1. The lowest BCUT2D eigenvalue weighted by Crippen LogP contribution is -2.32. The molecule has 3 atom stereocenters. The maximum absolute atomic E-state index is 9.65. The van der Waals surface area contributed by atoms with Gasteiger partial charge in [-0.25, -0.2) is 4.68 Å². The molecule has 0 aromatic carbocycles. The van der Waals surface area contributed by atoms with E-state index in [0.717, 1.165) is 24.6 Å². The number of ether oxygens (including phenoxy) is 2. The van der Waals surface area contributed by atoms with Crippen LogP contribution in [-0.2, 0) is 9.47 Å². The van der Waals surface area contributed by atoms with E-state index in [4.69, 9.17) is 21.1 Å². The van der Waals surface area contributed by atoms with E-state index in [0.29, 0.717) is 23.9 Å². The fourth-order valence-electron chi connectivity index (χ4n) is 4.18. The Labute approximate surface area is 186 Å². The Morgan fingerprint density at radius 2 is 2.06 bits per heavy atom. The fourth-order valence-corrected chi connectivity index (χ4v) is 4.84. The topological polar surface area (TPSA) is 135 Å². The molecule has 3 unspecified atom stereocenters. The zero-order valence-electron chi connectivity index (χ0n) is 17.4. The van der Waals surface area contributed by atoms with Crippen LogP contribution >= 0.6 is 20.0 Å². The van der Waals surface area contributed by atoms with E-state index in [1.165, 1.54) is 12.8 Å². The van der Waals surface area contributed by atoms with Crippen molar-refractivity contribution >= 4 is 36.8 Å². The number of rotatable bonds is 9. The molecule has 2 aromatic heterocycles. The number of halogens is 1. The summed E-state index contributed by atoms with van der Waals surface area (Å²) in [5, 5.41) is 16.9. The van der Waals surface area contributed by atoms with Crippen LogP contribution < -0.4 is 5.32 Å². The van der Waals surface area contributed by atoms with Crippen molar-refractivity contribution in [3.05, 3.63) is 11.5 Å². The first-order valence-electron chi connectivity index (χ1n) is 10.6. The van der Waals surface area contributed by atoms with Gasteiger partial charge in [-0.3, -0.25) is 0 Å². The molecule has 4 rings (SSSR count). The molecule has 1 saturated carbocycles. The second kappa shape index (κ2) is 9.79. The number of nitrogens with zero attached hydrogens (tertiary/aromatic N) is 4. The maximum atomic E-state index is 9.65. The number of fused-ring (bicyclic) bond motifs is 1. The number of nitrogens with one attached hydrogen (secondary N) is 1. The zero-order chi connectivity index (χ0) is 22.0. The summed E-state index contributed by atoms with van der Waals surface area (Å²) in [6, 6.07) is 0.388. The highest BCUT2D eigenvalue weighted by molar-refractivity contribution is 7.46. The van der Waals surface area contributed by atoms with Crippen LogP contribution in [0.1, 0.15) is 58.1 Å². The Kier molecular flexibility index (Phi) is 7.27. The molecule has 0 radical (unpaired) electrons. The quantitative estimate of drug-likeness (QED) is 0.320. The molecule has 2 fully saturated rings. The SMILES string of the molecule is CC(CCO)(OCC1CCC(n2ncc3c(NC4CCCC4)nc(Cl)nc32)O1)P(O)O. The Morgan fingerprint density at radius 1 is 1.29 bits per heavy atom. The van der Waals surface area contributed by atoms with Crippen LogP contribution in [0.3, 0.4) is 0 Å². The van der Waals surface area contributed by atoms with Gasteiger partial charge in [-0.2, -0.15) is 15.1 Å². The van der Waals surface area contributed by atoms with Crippen molar-refractivity contribution in [1.82, 2.24) is 19.7 Å². The van der Waals surface area contributed by atoms with E-state index in [-0.39, 0.29) is 37.3 Å². The van der Waals surface area contributed by atoms with Gasteiger partial charge in [0.05, 0.1) is 24.3 Å². The molecule has 1 aliphatic heterocycles. The van der Waals surface area contributed by atoms with Crippen molar-refractivity contribution < 1.29 is 24.4 Å². The van der Waals surface area contributed by atoms with Gasteiger partial charge < -0.3 is 29.7 Å². The van der Waals surface area contributed by atoms with E-state index >= 15 is 0 Å². The molecule has 2 aliphatic rings. The van der Waals surface area contributed by atoms with Gasteiger partial charge in [0.15, 0.2) is 20.3 Å². The third kappa shape index (κ3) is 5.11. The highest BCUT2D eigenvalue weighted by atomic mass is 35.5. The standard InChI is InChI=1S/C19H29ClN5O5P/c1-19(8-9-26,31(27)28)29-11-13-6-7-15(30-13)25-17-14(10-21-25)16(23-18(20)24-17)22-12-4-2-3-5-12/h10,12-13,15,26-28H,2-9,11H2,1H3,(H,22,23,24). The number of aliphatic hydroxyl groups excluding tert-OH is 1. The van der Waals surface area contributed by atoms with Crippen molar-refractivity contribution in [2.75, 3.05) is 18.5 Å². The molecule has 0 amide bonds. The molecule has 0 bridgehead atoms. The van der Waals surface area contributed by atoms with Crippen LogP contribution in [0.15, 0.2) is 6.20 Å². The number of aromatic nitrogens is 4. The molecule has 2 aromatic rings. The minimum Gasteiger partial charge on any atom is -0.396 e. The van der Waals surface area contributed by atoms with E-state index in [1.54, 1.807) is 17.8 Å². The Balaban J connectivity index is 1.45. The lowest BCUT2D eigenvalue weighted by atomic mass is 10.2. The number of aliphatic hydroxyl groups is 1. The number of hydrogen-bond acceptors (Lipinski definition) is 9. The molecule has 12 heteroatoms. The molecule has 3 heterocycles. The molecule has 1 saturated heterocycles. The third-order valence-electron chi connectivity index (χ3n) is 6.06. The van der Waals surface area contributed by atoms with Crippen molar-refractivity contribution in [2.45, 2.75) is 75.6 Å². The number of anilines is 1. The minimum absolute atomic E-state index is 0.137. The monoisotopic (exact) mass is 473 g/mol. The summed E-state index contributed by atoms with van der Waals surface area (Å²) in [6.07, 6.45) is 7.40. The van der Waals surface area contributed by atoms with Crippen molar-refractivity contribution in [1.29, 1.82) is 0 Å². The molecule has 31 heavy (non-hydrogen) atoms. The van der Waals surface area contributed by atoms with E-state index in [9.17, 15) is 14.9 Å². The Bertz CT molecular complexity index is 896. The second-order valence-electron chi connectivity index (χ2n) is 8.33. The highest BCUT2D eigenvalue weighted by Crippen LogP contribution is 2.45. The Hall–Kier alpha value is -1.13. The van der Waals surface area contributed by atoms with Crippen molar-refractivity contribution in [3.8, 4) is 0 Å². The summed E-state index contributed by atoms with van der Waals surface area (Å²) in [7, 11) is -2.35. The van der Waals surface area contributed by atoms with Gasteiger partial charge in [-0.1, -0.05) is 12.8 Å². The minimum atomic E-state index is -2.35. The van der Waals surface area contributed by atoms with Crippen molar-refractivity contribution in [2.24, 2.45) is 0 Å². The highest BCUT2D eigenvalue weighted by Gasteiger charge is 2.36. The van der Waals surface area contributed by atoms with Gasteiger partial charge in [-0.05, 0) is 44.2 Å². The lowest BCUT2D eigenvalue weighted by molar-refractivity contribution is -0.0777. The van der Waals surface area contributed by atoms with E-state index < -0.39 is 13.7 Å². The number of hydrogen-bond donors (Lipinski definition) is 4. The van der Waals surface area contributed by atoms with E-state index in [2.05, 4.69) is 20.4 Å². The first-order valence-corrected chi connectivity index (χ1v) is 12.3. The maximum Gasteiger partial charge on any atom is 0.226 e. The smallest absolute Gasteiger partial charge is 0.226 e. The zero-order valence-corrected chi connectivity index (χ0v) is 19.1. The van der Waals surface area contributed by atoms with Crippen LogP contribution in [0.5, 0.6) is 0 Å². The van der Waals surface area contributed by atoms with Crippen LogP contribution in [0, 0.1) is 0 Å². The summed E-state index contributed by atoms with van der Waals surface area (Å²) >= 11 is 6.20. The van der Waals surface area contributed by atoms with Crippen LogP contribution in [0.25, 0.3) is 11.0 Å². The summed E-state index contributed by atoms with van der Waals surface area (Å²) in [6.45, 7) is 1.58. The van der Waals surface area contributed by atoms with Gasteiger partial charge in [0.25, 0.3) is 0 Å². The van der Waals surface area contributed by atoms with Gasteiger partial charge in [0.1, 0.15) is 11.2 Å². The summed E-state index contributed by atoms with van der Waals surface area (Å²) in [5.74, 6) is 0.699. The molecular weight excluding hydrogens is 445 g/mol. The van der Waals surface area contributed by atoms with E-state index in [1.807, 2.05) is 0 Å². The molecule has 10 nitrogen and oxygen atoms in total. The molecule has 1 aliphatic carbocycles. The Morgan fingerprint density at radius 3 is 2.77 bits per heavy atom. The predicted molar refractivity (Wildman–Crippen MR) is 117 cm³/mol. The predicted octanol–water partition coefficient (Wildman–Crippen LogP) is 2.92. The molecule has 4 N–H and O–H groups in total. The average molecular weight is 474 g/mol. The van der Waals surface area contributed by atoms with Crippen LogP contribution in [0.4, 0.5) is 5.82 Å². The molecule has 0 spiro atoms. The third-order valence-corrected chi connectivity index (χ3v) is 7.43. The molecule has 172 valence electrons. The average Bonchev–Trinajstić information content (AvgIpc) is 3.47. The van der Waals surface area contributed by atoms with Crippen LogP contribution in [-0.4, -0.2) is 65.3 Å². The summed E-state index contributed by atoms with van der Waals surface area (Å²) in [5.41, 5.74) is 0.617. The van der Waals surface area contributed by atoms with Gasteiger partial charge >= 0.3 is 0 Å². The summed E-state index contributed by atoms with van der Waals surface area (Å²) < 4.78 is 13.6. The van der Waals surface area contributed by atoms with Crippen LogP contribution in [0.2, 0.25) is 5.28 Å². The lowest BCUT2D eigenvalue weighted by Gasteiger charge is -2.31. The molecular formula is C19H29ClN5O5P. The van der Waals surface area contributed by atoms with Gasteiger partial charge in [0, 0.05) is 19.1 Å². The van der Waals surface area contributed by atoms with Gasteiger partial charge in [0.2, 0.25) is 5.28 Å². The fraction of sp³-hybridized carbons (Fsp3) is 0.737. The first kappa shape index (κ1) is 23.0. The second-order valence-corrected chi connectivity index (χ2v) is 10.2. The van der Waals surface area contributed by atoms with Crippen molar-refractivity contribution in [3.63, 3.8) is 0 Å². The van der Waals surface area contributed by atoms with Gasteiger partial charge in [-0.15, -0.1) is 0 Å². The normalized spacial score (nSPS) is 24.3.